The maximum atomic E-state index is 11.8. The number of H-pyrrole nitrogens is 1. The zero-order valence-electron chi connectivity index (χ0n) is 9.08. The summed E-state index contributed by atoms with van der Waals surface area (Å²) in [4.78, 5) is 19.2. The second-order valence-electron chi connectivity index (χ2n) is 4.39. The Bertz CT molecular complexity index is 449. The molecule has 0 radical (unpaired) electrons. The van der Waals surface area contributed by atoms with Crippen molar-refractivity contribution in [3.8, 4) is 0 Å². The SMILES string of the molecule is O=c1[nH]c(C2CCCOC2)nc2c1CNC2. The molecule has 1 fully saturated rings. The summed E-state index contributed by atoms with van der Waals surface area (Å²) in [5.41, 5.74) is 1.71. The van der Waals surface area contributed by atoms with Crippen LogP contribution in [0.2, 0.25) is 0 Å². The summed E-state index contributed by atoms with van der Waals surface area (Å²) in [6.07, 6.45) is 2.10. The van der Waals surface area contributed by atoms with Gasteiger partial charge in [-0.25, -0.2) is 4.98 Å². The highest BCUT2D eigenvalue weighted by molar-refractivity contribution is 5.22. The summed E-state index contributed by atoms with van der Waals surface area (Å²) in [5.74, 6) is 1.06. The summed E-state index contributed by atoms with van der Waals surface area (Å²) < 4.78 is 5.42. The van der Waals surface area contributed by atoms with Crippen LogP contribution in [0.4, 0.5) is 0 Å². The van der Waals surface area contributed by atoms with Gasteiger partial charge in [0.05, 0.1) is 17.9 Å². The van der Waals surface area contributed by atoms with Gasteiger partial charge in [-0.1, -0.05) is 0 Å². The molecule has 1 unspecified atom stereocenters. The highest BCUT2D eigenvalue weighted by atomic mass is 16.5. The molecule has 5 heteroatoms. The maximum absolute atomic E-state index is 11.8. The molecule has 1 saturated heterocycles. The molecule has 16 heavy (non-hydrogen) atoms. The van der Waals surface area contributed by atoms with Crippen molar-refractivity contribution in [3.05, 3.63) is 27.4 Å². The van der Waals surface area contributed by atoms with Crippen molar-refractivity contribution in [2.24, 2.45) is 0 Å². The van der Waals surface area contributed by atoms with Crippen LogP contribution in [0.1, 0.15) is 35.8 Å². The third-order valence-electron chi connectivity index (χ3n) is 3.26. The van der Waals surface area contributed by atoms with E-state index in [0.29, 0.717) is 19.7 Å². The summed E-state index contributed by atoms with van der Waals surface area (Å²) >= 11 is 0. The van der Waals surface area contributed by atoms with Crippen LogP contribution in [0.15, 0.2) is 4.79 Å². The van der Waals surface area contributed by atoms with Crippen molar-refractivity contribution in [2.45, 2.75) is 31.8 Å². The topological polar surface area (TPSA) is 67.0 Å². The smallest absolute Gasteiger partial charge is 0.255 e. The number of aromatic amines is 1. The van der Waals surface area contributed by atoms with Gasteiger partial charge in [-0.15, -0.1) is 0 Å². The van der Waals surface area contributed by atoms with E-state index in [0.717, 1.165) is 36.5 Å². The van der Waals surface area contributed by atoms with Crippen LogP contribution in [0.5, 0.6) is 0 Å². The molecule has 5 nitrogen and oxygen atoms in total. The first kappa shape index (κ1) is 9.99. The standard InChI is InChI=1S/C11H15N3O2/c15-11-8-4-12-5-9(8)13-10(14-11)7-2-1-3-16-6-7/h7,12H,1-6H2,(H,13,14,15). The van der Waals surface area contributed by atoms with Crippen molar-refractivity contribution < 1.29 is 4.74 Å². The van der Waals surface area contributed by atoms with Gasteiger partial charge in [0.1, 0.15) is 5.82 Å². The van der Waals surface area contributed by atoms with Crippen molar-refractivity contribution >= 4 is 0 Å². The molecule has 2 N–H and O–H groups in total. The fraction of sp³-hybridized carbons (Fsp3) is 0.636. The van der Waals surface area contributed by atoms with E-state index in [-0.39, 0.29) is 11.5 Å². The Morgan fingerprint density at radius 2 is 2.31 bits per heavy atom. The lowest BCUT2D eigenvalue weighted by molar-refractivity contribution is 0.0779. The van der Waals surface area contributed by atoms with E-state index >= 15 is 0 Å². The van der Waals surface area contributed by atoms with E-state index in [1.165, 1.54) is 0 Å². The number of hydrogen-bond donors (Lipinski definition) is 2. The van der Waals surface area contributed by atoms with Crippen molar-refractivity contribution in [1.29, 1.82) is 0 Å². The first-order chi connectivity index (χ1) is 7.84. The van der Waals surface area contributed by atoms with Gasteiger partial charge in [-0.2, -0.15) is 0 Å². The van der Waals surface area contributed by atoms with Gasteiger partial charge in [-0.05, 0) is 12.8 Å². The lowest BCUT2D eigenvalue weighted by Gasteiger charge is -2.21. The molecule has 1 aromatic rings. The molecule has 86 valence electrons. The molecule has 0 spiro atoms. The molecule has 3 heterocycles. The predicted octanol–water partition coefficient (Wildman–Crippen LogP) is 0.267. The van der Waals surface area contributed by atoms with E-state index in [2.05, 4.69) is 15.3 Å². The number of rotatable bonds is 1. The number of nitrogens with zero attached hydrogens (tertiary/aromatic N) is 1. The molecular weight excluding hydrogens is 206 g/mol. The Hall–Kier alpha value is -1.20. The first-order valence-corrected chi connectivity index (χ1v) is 5.75. The third kappa shape index (κ3) is 1.66. The van der Waals surface area contributed by atoms with Crippen LogP contribution in [0.25, 0.3) is 0 Å². The zero-order chi connectivity index (χ0) is 11.0. The van der Waals surface area contributed by atoms with E-state index in [1.54, 1.807) is 0 Å². The molecule has 0 aliphatic carbocycles. The highest BCUT2D eigenvalue weighted by Crippen LogP contribution is 2.22. The molecule has 0 bridgehead atoms. The number of nitrogens with one attached hydrogen (secondary N) is 2. The minimum absolute atomic E-state index is 0.00979. The Morgan fingerprint density at radius 3 is 3.12 bits per heavy atom. The fourth-order valence-electron chi connectivity index (χ4n) is 2.35. The molecule has 1 atom stereocenters. The van der Waals surface area contributed by atoms with Gasteiger partial charge in [-0.3, -0.25) is 4.79 Å². The molecule has 2 aliphatic rings. The Labute approximate surface area is 93.2 Å². The van der Waals surface area contributed by atoms with Crippen molar-refractivity contribution in [1.82, 2.24) is 15.3 Å². The second kappa shape index (κ2) is 3.99. The Balaban J connectivity index is 1.96. The van der Waals surface area contributed by atoms with Crippen LogP contribution in [0, 0.1) is 0 Å². The largest absolute Gasteiger partial charge is 0.381 e. The molecule has 0 saturated carbocycles. The number of aromatic nitrogens is 2. The molecule has 2 aliphatic heterocycles. The third-order valence-corrected chi connectivity index (χ3v) is 3.26. The lowest BCUT2D eigenvalue weighted by atomic mass is 10.0. The molecule has 1 aromatic heterocycles. The Kier molecular flexibility index (Phi) is 2.49. The van der Waals surface area contributed by atoms with Crippen molar-refractivity contribution in [2.75, 3.05) is 13.2 Å². The summed E-state index contributed by atoms with van der Waals surface area (Å²) in [6, 6.07) is 0. The van der Waals surface area contributed by atoms with Gasteiger partial charge in [0.25, 0.3) is 5.56 Å². The number of fused-ring (bicyclic) bond motifs is 1. The molecule has 0 amide bonds. The van der Waals surface area contributed by atoms with E-state index in [1.807, 2.05) is 0 Å². The van der Waals surface area contributed by atoms with Crippen LogP contribution >= 0.6 is 0 Å². The highest BCUT2D eigenvalue weighted by Gasteiger charge is 2.22. The normalized spacial score (nSPS) is 24.4. The van der Waals surface area contributed by atoms with Crippen LogP contribution in [0.3, 0.4) is 0 Å². The van der Waals surface area contributed by atoms with Gasteiger partial charge in [0.2, 0.25) is 0 Å². The predicted molar refractivity (Wildman–Crippen MR) is 58.2 cm³/mol. The minimum Gasteiger partial charge on any atom is -0.381 e. The molecule has 3 rings (SSSR count). The van der Waals surface area contributed by atoms with E-state index in [4.69, 9.17) is 4.74 Å². The Morgan fingerprint density at radius 1 is 1.38 bits per heavy atom. The maximum Gasteiger partial charge on any atom is 0.255 e. The zero-order valence-corrected chi connectivity index (χ0v) is 9.08. The molecular formula is C11H15N3O2. The number of hydrogen-bond acceptors (Lipinski definition) is 4. The summed E-state index contributed by atoms with van der Waals surface area (Å²) in [6.45, 7) is 2.85. The van der Waals surface area contributed by atoms with E-state index < -0.39 is 0 Å². The van der Waals surface area contributed by atoms with Crippen LogP contribution in [-0.4, -0.2) is 23.2 Å². The van der Waals surface area contributed by atoms with Gasteiger partial charge < -0.3 is 15.0 Å². The second-order valence-corrected chi connectivity index (χ2v) is 4.39. The van der Waals surface area contributed by atoms with Gasteiger partial charge >= 0.3 is 0 Å². The average molecular weight is 221 g/mol. The van der Waals surface area contributed by atoms with E-state index in [9.17, 15) is 4.79 Å². The summed E-state index contributed by atoms with van der Waals surface area (Å²) in [5, 5.41) is 3.14. The average Bonchev–Trinajstić information content (AvgIpc) is 2.79. The van der Waals surface area contributed by atoms with Crippen molar-refractivity contribution in [3.63, 3.8) is 0 Å². The molecule has 0 aromatic carbocycles. The lowest BCUT2D eigenvalue weighted by Crippen LogP contribution is -2.23. The van der Waals surface area contributed by atoms with Crippen LogP contribution in [-0.2, 0) is 17.8 Å². The number of ether oxygens (including phenoxy) is 1. The quantitative estimate of drug-likeness (QED) is 0.714. The first-order valence-electron chi connectivity index (χ1n) is 5.75. The summed E-state index contributed by atoms with van der Waals surface area (Å²) in [7, 11) is 0. The fourth-order valence-corrected chi connectivity index (χ4v) is 2.35. The van der Waals surface area contributed by atoms with Crippen LogP contribution < -0.4 is 10.9 Å². The minimum atomic E-state index is 0.00979. The monoisotopic (exact) mass is 221 g/mol. The van der Waals surface area contributed by atoms with Gasteiger partial charge in [0, 0.05) is 25.6 Å². The van der Waals surface area contributed by atoms with Gasteiger partial charge in [0.15, 0.2) is 0 Å².